The van der Waals surface area contributed by atoms with Crippen LogP contribution in [-0.2, 0) is 14.8 Å². The van der Waals surface area contributed by atoms with Gasteiger partial charge in [-0.3, -0.25) is 4.79 Å². The van der Waals surface area contributed by atoms with Crippen LogP contribution in [0.2, 0.25) is 0 Å². The molecular formula is C23H30N2O4S. The van der Waals surface area contributed by atoms with E-state index in [9.17, 15) is 13.2 Å². The fourth-order valence-electron chi connectivity index (χ4n) is 3.58. The van der Waals surface area contributed by atoms with E-state index < -0.39 is 10.0 Å². The molecule has 6 nitrogen and oxygen atoms in total. The van der Waals surface area contributed by atoms with Crippen molar-refractivity contribution in [3.05, 3.63) is 59.2 Å². The fraction of sp³-hybridized carbons (Fsp3) is 0.435. The van der Waals surface area contributed by atoms with Crippen LogP contribution in [0.4, 0.5) is 0 Å². The molecular weight excluding hydrogens is 400 g/mol. The Hall–Kier alpha value is -2.38. The summed E-state index contributed by atoms with van der Waals surface area (Å²) in [6, 6.07) is 12.8. The van der Waals surface area contributed by atoms with Crippen LogP contribution in [0.1, 0.15) is 29.5 Å². The molecule has 2 aromatic carbocycles. The summed E-state index contributed by atoms with van der Waals surface area (Å²) < 4.78 is 32.8. The van der Waals surface area contributed by atoms with Crippen molar-refractivity contribution >= 4 is 15.9 Å². The van der Waals surface area contributed by atoms with Crippen molar-refractivity contribution in [1.82, 2.24) is 9.62 Å². The van der Waals surface area contributed by atoms with Crippen LogP contribution in [0, 0.1) is 26.7 Å². The topological polar surface area (TPSA) is 75.7 Å². The summed E-state index contributed by atoms with van der Waals surface area (Å²) in [7, 11) is -3.51. The summed E-state index contributed by atoms with van der Waals surface area (Å²) in [6.45, 7) is 7.51. The van der Waals surface area contributed by atoms with Gasteiger partial charge in [-0.2, -0.15) is 4.31 Å². The van der Waals surface area contributed by atoms with Crippen LogP contribution in [0.3, 0.4) is 0 Å². The molecule has 1 N–H and O–H groups in total. The number of nitrogens with one attached hydrogen (secondary N) is 1. The minimum atomic E-state index is -3.51. The number of carbonyl (C=O) groups excluding carboxylic acids is 1. The van der Waals surface area contributed by atoms with Crippen molar-refractivity contribution < 1.29 is 17.9 Å². The minimum absolute atomic E-state index is 0.0352. The number of ether oxygens (including phenoxy) is 1. The van der Waals surface area contributed by atoms with Gasteiger partial charge in [0.05, 0.1) is 11.4 Å². The van der Waals surface area contributed by atoms with Crippen LogP contribution in [0.25, 0.3) is 0 Å². The molecule has 0 bridgehead atoms. The van der Waals surface area contributed by atoms with Gasteiger partial charge in [0.1, 0.15) is 12.4 Å². The number of aryl methyl sites for hydroxylation is 2. The van der Waals surface area contributed by atoms with Crippen LogP contribution < -0.4 is 10.1 Å². The van der Waals surface area contributed by atoms with Crippen molar-refractivity contribution in [1.29, 1.82) is 0 Å². The third-order valence-corrected chi connectivity index (χ3v) is 7.61. The zero-order valence-corrected chi connectivity index (χ0v) is 18.7. The highest BCUT2D eigenvalue weighted by Crippen LogP contribution is 2.24. The van der Waals surface area contributed by atoms with Crippen LogP contribution in [0.15, 0.2) is 47.4 Å². The molecule has 1 aliphatic rings. The van der Waals surface area contributed by atoms with E-state index >= 15 is 0 Å². The summed E-state index contributed by atoms with van der Waals surface area (Å²) in [5, 5.41) is 2.92. The van der Waals surface area contributed by atoms with Gasteiger partial charge in [0.25, 0.3) is 0 Å². The maximum atomic E-state index is 12.8. The Labute approximate surface area is 179 Å². The first-order valence-corrected chi connectivity index (χ1v) is 11.8. The second-order valence-corrected chi connectivity index (χ2v) is 9.77. The lowest BCUT2D eigenvalue weighted by Crippen LogP contribution is -2.43. The first kappa shape index (κ1) is 22.3. The Kier molecular flexibility index (Phi) is 7.15. The molecule has 1 amide bonds. The standard InChI is InChI=1S/C23H30N2O4S/c1-17-7-9-21(10-8-17)30(27,28)25-14-11-20(12-15-25)23(26)24-13-16-29-22-6-4-5-18(2)19(22)3/h4-10,20H,11-16H2,1-3H3,(H,24,26). The number of piperidine rings is 1. The normalized spacial score (nSPS) is 15.7. The molecule has 7 heteroatoms. The van der Waals surface area contributed by atoms with Crippen LogP contribution >= 0.6 is 0 Å². The fourth-order valence-corrected chi connectivity index (χ4v) is 5.05. The number of sulfonamides is 1. The predicted octanol–water partition coefficient (Wildman–Crippen LogP) is 3.21. The van der Waals surface area contributed by atoms with E-state index in [1.165, 1.54) is 9.87 Å². The van der Waals surface area contributed by atoms with E-state index in [1.54, 1.807) is 24.3 Å². The van der Waals surface area contributed by atoms with Crippen molar-refractivity contribution in [3.63, 3.8) is 0 Å². The van der Waals surface area contributed by atoms with E-state index in [0.29, 0.717) is 44.0 Å². The highest BCUT2D eigenvalue weighted by atomic mass is 32.2. The van der Waals surface area contributed by atoms with Gasteiger partial charge in [-0.05, 0) is 62.9 Å². The molecule has 0 unspecified atom stereocenters. The van der Waals surface area contributed by atoms with Gasteiger partial charge in [0, 0.05) is 19.0 Å². The Morgan fingerprint density at radius 2 is 1.73 bits per heavy atom. The number of amides is 1. The number of hydrogen-bond donors (Lipinski definition) is 1. The van der Waals surface area contributed by atoms with Crippen molar-refractivity contribution in [2.75, 3.05) is 26.2 Å². The Morgan fingerprint density at radius 3 is 2.40 bits per heavy atom. The van der Waals surface area contributed by atoms with E-state index in [-0.39, 0.29) is 11.8 Å². The lowest BCUT2D eigenvalue weighted by Gasteiger charge is -2.30. The molecule has 1 heterocycles. The zero-order valence-electron chi connectivity index (χ0n) is 17.8. The number of benzene rings is 2. The molecule has 2 aromatic rings. The molecule has 30 heavy (non-hydrogen) atoms. The Bertz CT molecular complexity index is 979. The largest absolute Gasteiger partial charge is 0.491 e. The van der Waals surface area contributed by atoms with Crippen molar-refractivity contribution in [2.45, 2.75) is 38.5 Å². The highest BCUT2D eigenvalue weighted by molar-refractivity contribution is 7.89. The summed E-state index contributed by atoms with van der Waals surface area (Å²) >= 11 is 0. The van der Waals surface area contributed by atoms with Gasteiger partial charge >= 0.3 is 0 Å². The molecule has 162 valence electrons. The number of rotatable bonds is 7. The van der Waals surface area contributed by atoms with E-state index in [0.717, 1.165) is 16.9 Å². The Balaban J connectivity index is 1.45. The van der Waals surface area contributed by atoms with E-state index in [1.807, 2.05) is 39.0 Å². The van der Waals surface area contributed by atoms with Gasteiger partial charge in [-0.25, -0.2) is 8.42 Å². The van der Waals surface area contributed by atoms with E-state index in [4.69, 9.17) is 4.74 Å². The number of hydrogen-bond acceptors (Lipinski definition) is 4. The summed E-state index contributed by atoms with van der Waals surface area (Å²) in [5.74, 6) is 0.626. The summed E-state index contributed by atoms with van der Waals surface area (Å²) in [4.78, 5) is 12.8. The molecule has 1 saturated heterocycles. The molecule has 1 fully saturated rings. The third-order valence-electron chi connectivity index (χ3n) is 5.70. The summed E-state index contributed by atoms with van der Waals surface area (Å²) in [5.41, 5.74) is 3.29. The van der Waals surface area contributed by atoms with Gasteiger partial charge in [-0.1, -0.05) is 29.8 Å². The van der Waals surface area contributed by atoms with Gasteiger partial charge in [0.2, 0.25) is 15.9 Å². The Morgan fingerprint density at radius 1 is 1.07 bits per heavy atom. The average Bonchev–Trinajstić information content (AvgIpc) is 2.74. The maximum absolute atomic E-state index is 12.8. The third kappa shape index (κ3) is 5.21. The minimum Gasteiger partial charge on any atom is -0.491 e. The van der Waals surface area contributed by atoms with E-state index in [2.05, 4.69) is 5.32 Å². The monoisotopic (exact) mass is 430 g/mol. The molecule has 0 spiro atoms. The highest BCUT2D eigenvalue weighted by Gasteiger charge is 2.31. The van der Waals surface area contributed by atoms with Crippen molar-refractivity contribution in [3.8, 4) is 5.75 Å². The lowest BCUT2D eigenvalue weighted by atomic mass is 9.97. The second-order valence-electron chi connectivity index (χ2n) is 7.83. The van der Waals surface area contributed by atoms with Gasteiger partial charge in [-0.15, -0.1) is 0 Å². The lowest BCUT2D eigenvalue weighted by molar-refractivity contribution is -0.126. The molecule has 0 aromatic heterocycles. The van der Waals surface area contributed by atoms with Crippen LogP contribution in [-0.4, -0.2) is 44.9 Å². The summed E-state index contributed by atoms with van der Waals surface area (Å²) in [6.07, 6.45) is 1.05. The van der Waals surface area contributed by atoms with Crippen molar-refractivity contribution in [2.24, 2.45) is 5.92 Å². The quantitative estimate of drug-likeness (QED) is 0.685. The molecule has 3 rings (SSSR count). The zero-order chi connectivity index (χ0) is 21.7. The predicted molar refractivity (Wildman–Crippen MR) is 117 cm³/mol. The second kappa shape index (κ2) is 9.62. The smallest absolute Gasteiger partial charge is 0.243 e. The first-order chi connectivity index (χ1) is 14.3. The molecule has 0 radical (unpaired) electrons. The molecule has 0 aliphatic carbocycles. The van der Waals surface area contributed by atoms with Gasteiger partial charge in [0.15, 0.2) is 0 Å². The van der Waals surface area contributed by atoms with Gasteiger partial charge < -0.3 is 10.1 Å². The maximum Gasteiger partial charge on any atom is 0.243 e. The van der Waals surface area contributed by atoms with Crippen LogP contribution in [0.5, 0.6) is 5.75 Å². The molecule has 1 aliphatic heterocycles. The number of carbonyl (C=O) groups is 1. The number of nitrogens with zero attached hydrogens (tertiary/aromatic N) is 1. The molecule has 0 atom stereocenters. The first-order valence-electron chi connectivity index (χ1n) is 10.3. The SMILES string of the molecule is Cc1ccc(S(=O)(=O)N2CCC(C(=O)NCCOc3cccc(C)c3C)CC2)cc1. The molecule has 0 saturated carbocycles. The average molecular weight is 431 g/mol.